The number of anilines is 1. The van der Waals surface area contributed by atoms with Gasteiger partial charge in [-0.1, -0.05) is 11.6 Å². The number of halogens is 2. The molecule has 0 fully saturated rings. The van der Waals surface area contributed by atoms with E-state index >= 15 is 0 Å². The Bertz CT molecular complexity index is 482. The highest BCUT2D eigenvalue weighted by atomic mass is 35.5. The van der Waals surface area contributed by atoms with Gasteiger partial charge in [-0.05, 0) is 0 Å². The molecule has 8 heteroatoms. The monoisotopic (exact) mass is 275 g/mol. The molecule has 0 aliphatic carbocycles. The van der Waals surface area contributed by atoms with Gasteiger partial charge in [-0.3, -0.25) is 14.9 Å². The second-order valence-electron chi connectivity index (χ2n) is 3.45. The van der Waals surface area contributed by atoms with Crippen molar-refractivity contribution in [1.82, 2.24) is 5.32 Å². The van der Waals surface area contributed by atoms with Gasteiger partial charge in [-0.25, -0.2) is 4.39 Å². The van der Waals surface area contributed by atoms with Crippen LogP contribution in [-0.4, -0.2) is 23.9 Å². The van der Waals surface area contributed by atoms with Gasteiger partial charge in [0.25, 0.3) is 5.69 Å². The maximum Gasteiger partial charge on any atom is 0.294 e. The number of nitrogens with zero attached hydrogens (tertiary/aromatic N) is 1. The summed E-state index contributed by atoms with van der Waals surface area (Å²) in [6.07, 6.45) is 0. The van der Waals surface area contributed by atoms with Crippen molar-refractivity contribution in [3.05, 3.63) is 33.1 Å². The van der Waals surface area contributed by atoms with Crippen LogP contribution in [0.4, 0.5) is 15.8 Å². The van der Waals surface area contributed by atoms with Crippen molar-refractivity contribution in [2.75, 3.05) is 18.4 Å². The Labute approximate surface area is 107 Å². The molecule has 2 N–H and O–H groups in total. The Balaban J connectivity index is 2.77. The van der Waals surface area contributed by atoms with Crippen LogP contribution in [-0.2, 0) is 4.79 Å². The first-order valence-electron chi connectivity index (χ1n) is 5.03. The first kappa shape index (κ1) is 14.2. The third-order valence-electron chi connectivity index (χ3n) is 2.05. The van der Waals surface area contributed by atoms with Crippen molar-refractivity contribution in [3.63, 3.8) is 0 Å². The molecule has 0 saturated heterocycles. The maximum absolute atomic E-state index is 13.2. The quantitative estimate of drug-likeness (QED) is 0.488. The molecule has 0 aliphatic rings. The normalized spacial score (nSPS) is 9.94. The van der Waals surface area contributed by atoms with Crippen LogP contribution in [0.2, 0.25) is 5.02 Å². The Hall–Kier alpha value is -1.89. The number of nitrogens with one attached hydrogen (secondary N) is 2. The van der Waals surface area contributed by atoms with Crippen LogP contribution in [0.15, 0.2) is 12.1 Å². The van der Waals surface area contributed by atoms with E-state index in [0.717, 1.165) is 12.1 Å². The summed E-state index contributed by atoms with van der Waals surface area (Å²) in [5.41, 5.74) is -0.295. The number of nitro groups is 1. The molecule has 0 aromatic heterocycles. The van der Waals surface area contributed by atoms with Gasteiger partial charge in [-0.15, -0.1) is 0 Å². The van der Waals surface area contributed by atoms with E-state index in [-0.39, 0.29) is 35.4 Å². The predicted octanol–water partition coefficient (Wildman–Crippen LogP) is 1.94. The van der Waals surface area contributed by atoms with Gasteiger partial charge in [-0.2, -0.15) is 0 Å². The molecule has 0 bridgehead atoms. The number of benzene rings is 1. The van der Waals surface area contributed by atoms with Crippen LogP contribution in [0.25, 0.3) is 0 Å². The minimum atomic E-state index is -0.746. The molecule has 0 radical (unpaired) electrons. The molecule has 0 saturated carbocycles. The number of carbonyl (C=O) groups is 1. The van der Waals surface area contributed by atoms with Crippen LogP contribution in [0.1, 0.15) is 6.92 Å². The lowest BCUT2D eigenvalue weighted by molar-refractivity contribution is -0.384. The molecule has 0 aliphatic heterocycles. The highest BCUT2D eigenvalue weighted by Crippen LogP contribution is 2.29. The van der Waals surface area contributed by atoms with E-state index in [1.165, 1.54) is 6.92 Å². The molecule has 18 heavy (non-hydrogen) atoms. The molecule has 0 atom stereocenters. The van der Waals surface area contributed by atoms with Gasteiger partial charge >= 0.3 is 0 Å². The van der Waals surface area contributed by atoms with Gasteiger partial charge in [0.2, 0.25) is 5.91 Å². The number of hydrogen-bond donors (Lipinski definition) is 2. The van der Waals surface area contributed by atoms with Crippen molar-refractivity contribution in [2.45, 2.75) is 6.92 Å². The Morgan fingerprint density at radius 3 is 2.72 bits per heavy atom. The average Bonchev–Trinajstić information content (AvgIpc) is 2.28. The second-order valence-corrected chi connectivity index (χ2v) is 3.86. The number of carbonyl (C=O) groups excluding carboxylic acids is 1. The lowest BCUT2D eigenvalue weighted by atomic mass is 10.2. The molecule has 1 aromatic carbocycles. The maximum atomic E-state index is 13.2. The van der Waals surface area contributed by atoms with E-state index in [0.29, 0.717) is 0 Å². The smallest absolute Gasteiger partial charge is 0.294 e. The Kier molecular flexibility index (Phi) is 4.85. The van der Waals surface area contributed by atoms with Gasteiger partial charge in [0.05, 0.1) is 9.95 Å². The predicted molar refractivity (Wildman–Crippen MR) is 65.2 cm³/mol. The summed E-state index contributed by atoms with van der Waals surface area (Å²) in [5, 5.41) is 15.6. The second kappa shape index (κ2) is 6.15. The standard InChI is InChI=1S/C10H11ClFN3O3/c1-6(16)13-2-3-14-9-5-8(12)7(11)4-10(9)15(17)18/h4-5,14H,2-3H2,1H3,(H,13,16). The van der Waals surface area contributed by atoms with Crippen molar-refractivity contribution in [2.24, 2.45) is 0 Å². The highest BCUT2D eigenvalue weighted by molar-refractivity contribution is 6.31. The third-order valence-corrected chi connectivity index (χ3v) is 2.34. The molecular weight excluding hydrogens is 265 g/mol. The lowest BCUT2D eigenvalue weighted by Gasteiger charge is -2.08. The van der Waals surface area contributed by atoms with Crippen LogP contribution in [0, 0.1) is 15.9 Å². The Morgan fingerprint density at radius 1 is 1.50 bits per heavy atom. The number of hydrogen-bond acceptors (Lipinski definition) is 4. The van der Waals surface area contributed by atoms with E-state index in [1.807, 2.05) is 0 Å². The fourth-order valence-electron chi connectivity index (χ4n) is 1.26. The number of rotatable bonds is 5. The summed E-state index contributed by atoms with van der Waals surface area (Å²) in [4.78, 5) is 20.7. The topological polar surface area (TPSA) is 84.3 Å². The summed E-state index contributed by atoms with van der Waals surface area (Å²) in [6, 6.07) is 1.89. The minimum Gasteiger partial charge on any atom is -0.378 e. The van der Waals surface area contributed by atoms with E-state index < -0.39 is 10.7 Å². The summed E-state index contributed by atoms with van der Waals surface area (Å²) in [5.74, 6) is -0.960. The lowest BCUT2D eigenvalue weighted by Crippen LogP contribution is -2.26. The summed E-state index contributed by atoms with van der Waals surface area (Å²) in [6.45, 7) is 1.86. The molecule has 1 aromatic rings. The molecule has 98 valence electrons. The molecule has 6 nitrogen and oxygen atoms in total. The van der Waals surface area contributed by atoms with Crippen LogP contribution < -0.4 is 10.6 Å². The SMILES string of the molecule is CC(=O)NCCNc1cc(F)c(Cl)cc1[N+](=O)[O-]. The van der Waals surface area contributed by atoms with Crippen LogP contribution >= 0.6 is 11.6 Å². The first-order chi connectivity index (χ1) is 8.41. The highest BCUT2D eigenvalue weighted by Gasteiger charge is 2.17. The van der Waals surface area contributed by atoms with Crippen molar-refractivity contribution >= 4 is 28.9 Å². The summed E-state index contributed by atoms with van der Waals surface area (Å²) in [7, 11) is 0. The average molecular weight is 276 g/mol. The third kappa shape index (κ3) is 3.85. The zero-order valence-corrected chi connectivity index (χ0v) is 10.3. The van der Waals surface area contributed by atoms with E-state index in [1.54, 1.807) is 0 Å². The van der Waals surface area contributed by atoms with E-state index in [9.17, 15) is 19.3 Å². The van der Waals surface area contributed by atoms with E-state index in [4.69, 9.17) is 11.6 Å². The molecular formula is C10H11ClFN3O3. The molecule has 0 unspecified atom stereocenters. The zero-order chi connectivity index (χ0) is 13.7. The fourth-order valence-corrected chi connectivity index (χ4v) is 1.42. The van der Waals surface area contributed by atoms with Crippen LogP contribution in [0.3, 0.4) is 0 Å². The molecule has 0 heterocycles. The van der Waals surface area contributed by atoms with Crippen molar-refractivity contribution in [1.29, 1.82) is 0 Å². The zero-order valence-electron chi connectivity index (χ0n) is 9.50. The fraction of sp³-hybridized carbons (Fsp3) is 0.300. The van der Waals surface area contributed by atoms with Crippen molar-refractivity contribution < 1.29 is 14.1 Å². The minimum absolute atomic E-state index is 0.0206. The van der Waals surface area contributed by atoms with Crippen molar-refractivity contribution in [3.8, 4) is 0 Å². The Morgan fingerprint density at radius 2 is 2.17 bits per heavy atom. The van der Waals surface area contributed by atoms with Gasteiger partial charge < -0.3 is 10.6 Å². The largest absolute Gasteiger partial charge is 0.378 e. The molecule has 1 amide bonds. The number of amides is 1. The summed E-state index contributed by atoms with van der Waals surface area (Å²) >= 11 is 5.47. The van der Waals surface area contributed by atoms with E-state index in [2.05, 4.69) is 10.6 Å². The molecule has 0 spiro atoms. The number of nitro benzene ring substituents is 1. The van der Waals surface area contributed by atoms with Gasteiger partial charge in [0, 0.05) is 32.1 Å². The van der Waals surface area contributed by atoms with Gasteiger partial charge in [0.1, 0.15) is 11.5 Å². The first-order valence-corrected chi connectivity index (χ1v) is 5.41. The summed E-state index contributed by atoms with van der Waals surface area (Å²) < 4.78 is 13.2. The van der Waals surface area contributed by atoms with Crippen LogP contribution in [0.5, 0.6) is 0 Å². The molecule has 1 rings (SSSR count). The van der Waals surface area contributed by atoms with Gasteiger partial charge in [0.15, 0.2) is 0 Å².